The number of rotatable bonds is 4. The second kappa shape index (κ2) is 8.13. The number of H-pyrrole nitrogens is 2. The van der Waals surface area contributed by atoms with Gasteiger partial charge in [0.1, 0.15) is 5.82 Å². The third-order valence-electron chi connectivity index (χ3n) is 5.83. The van der Waals surface area contributed by atoms with E-state index < -0.39 is 0 Å². The van der Waals surface area contributed by atoms with Gasteiger partial charge in [0.2, 0.25) is 0 Å². The van der Waals surface area contributed by atoms with Crippen molar-refractivity contribution in [3.63, 3.8) is 0 Å². The van der Waals surface area contributed by atoms with Crippen LogP contribution in [0.2, 0.25) is 0 Å². The predicted molar refractivity (Wildman–Crippen MR) is 108 cm³/mol. The van der Waals surface area contributed by atoms with Crippen LogP contribution in [-0.2, 0) is 6.42 Å². The molecule has 0 aromatic carbocycles. The Morgan fingerprint density at radius 3 is 2.56 bits per heavy atom. The third-order valence-corrected chi connectivity index (χ3v) is 6.03. The van der Waals surface area contributed by atoms with Crippen molar-refractivity contribution in [2.45, 2.75) is 44.4 Å². The normalized spacial score (nSPS) is 24.8. The van der Waals surface area contributed by atoms with Crippen molar-refractivity contribution in [2.24, 2.45) is 11.8 Å². The lowest BCUT2D eigenvalue weighted by atomic mass is 9.72. The molecule has 4 rings (SSSR count). The minimum absolute atomic E-state index is 0.122. The fourth-order valence-electron chi connectivity index (χ4n) is 4.42. The Morgan fingerprint density at radius 2 is 1.85 bits per heavy atom. The van der Waals surface area contributed by atoms with Gasteiger partial charge in [0.15, 0.2) is 4.77 Å². The van der Waals surface area contributed by atoms with Gasteiger partial charge in [-0.25, -0.2) is 9.97 Å². The lowest BCUT2D eigenvalue weighted by Gasteiger charge is -2.33. The fourth-order valence-corrected chi connectivity index (χ4v) is 4.62. The summed E-state index contributed by atoms with van der Waals surface area (Å²) < 4.78 is 0.398. The van der Waals surface area contributed by atoms with Gasteiger partial charge >= 0.3 is 0 Å². The minimum Gasteiger partial charge on any atom is -0.335 e. The van der Waals surface area contributed by atoms with Crippen LogP contribution in [0.5, 0.6) is 0 Å². The van der Waals surface area contributed by atoms with E-state index in [4.69, 9.17) is 12.2 Å². The van der Waals surface area contributed by atoms with Crippen LogP contribution in [-0.4, -0.2) is 19.9 Å². The number of hydrogen-bond acceptors (Lipinski definition) is 4. The molecule has 5 nitrogen and oxygen atoms in total. The molecule has 2 aliphatic rings. The van der Waals surface area contributed by atoms with Gasteiger partial charge in [0.25, 0.3) is 5.56 Å². The lowest BCUT2D eigenvalue weighted by molar-refractivity contribution is 0.262. The second-order valence-electron chi connectivity index (χ2n) is 7.47. The first-order valence-corrected chi connectivity index (χ1v) is 10.1. The number of aromatic nitrogens is 4. The number of aromatic amines is 2. The van der Waals surface area contributed by atoms with Crippen LogP contribution >= 0.6 is 12.2 Å². The van der Waals surface area contributed by atoms with Gasteiger partial charge < -0.3 is 4.98 Å². The average molecular weight is 381 g/mol. The van der Waals surface area contributed by atoms with Crippen molar-refractivity contribution in [2.75, 3.05) is 0 Å². The minimum atomic E-state index is -0.122. The first-order chi connectivity index (χ1) is 13.2. The van der Waals surface area contributed by atoms with Crippen molar-refractivity contribution >= 4 is 12.2 Å². The highest BCUT2D eigenvalue weighted by molar-refractivity contribution is 7.71. The molecule has 1 unspecified atom stereocenters. The molecular formula is C21H24N4OS. The van der Waals surface area contributed by atoms with Crippen LogP contribution in [0.4, 0.5) is 0 Å². The first kappa shape index (κ1) is 18.0. The SMILES string of the molecule is O=c1[nH]c(=S)[nH]c(C2CCC(C3C=CC=CC3)CC2)c1Cc1ncccn1. The average Bonchev–Trinajstić information content (AvgIpc) is 2.71. The topological polar surface area (TPSA) is 74.4 Å². The largest absolute Gasteiger partial charge is 0.335 e. The zero-order valence-electron chi connectivity index (χ0n) is 15.2. The smallest absolute Gasteiger partial charge is 0.255 e. The molecule has 1 fully saturated rings. The summed E-state index contributed by atoms with van der Waals surface area (Å²) in [7, 11) is 0. The Morgan fingerprint density at radius 1 is 1.07 bits per heavy atom. The fraction of sp³-hybridized carbons (Fsp3) is 0.429. The van der Waals surface area contributed by atoms with Crippen molar-refractivity contribution in [3.05, 3.63) is 75.0 Å². The Hall–Kier alpha value is -2.34. The van der Waals surface area contributed by atoms with Gasteiger partial charge in [-0.2, -0.15) is 0 Å². The van der Waals surface area contributed by atoms with Crippen molar-refractivity contribution < 1.29 is 0 Å². The van der Waals surface area contributed by atoms with Gasteiger partial charge in [0.05, 0.1) is 0 Å². The predicted octanol–water partition coefficient (Wildman–Crippen LogP) is 4.22. The Balaban J connectivity index is 1.55. The molecule has 0 aliphatic heterocycles. The van der Waals surface area contributed by atoms with E-state index >= 15 is 0 Å². The van der Waals surface area contributed by atoms with Gasteiger partial charge in [-0.05, 0) is 68.1 Å². The van der Waals surface area contributed by atoms with E-state index in [2.05, 4.69) is 44.2 Å². The highest BCUT2D eigenvalue weighted by Gasteiger charge is 2.29. The maximum absolute atomic E-state index is 12.6. The molecule has 6 heteroatoms. The third kappa shape index (κ3) is 4.16. The summed E-state index contributed by atoms with van der Waals surface area (Å²) in [6.45, 7) is 0. The Labute approximate surface area is 163 Å². The molecule has 0 radical (unpaired) electrons. The van der Waals surface area contributed by atoms with Crippen molar-refractivity contribution in [3.8, 4) is 0 Å². The number of nitrogens with zero attached hydrogens (tertiary/aromatic N) is 2. The van der Waals surface area contributed by atoms with E-state index in [1.807, 2.05) is 0 Å². The summed E-state index contributed by atoms with van der Waals surface area (Å²) in [5, 5.41) is 0. The highest BCUT2D eigenvalue weighted by Crippen LogP contribution is 2.40. The molecule has 1 atom stereocenters. The zero-order chi connectivity index (χ0) is 18.6. The Kier molecular flexibility index (Phi) is 5.43. The zero-order valence-corrected chi connectivity index (χ0v) is 16.0. The molecule has 0 bridgehead atoms. The van der Waals surface area contributed by atoms with Gasteiger partial charge in [-0.15, -0.1) is 0 Å². The standard InChI is InChI=1S/C21H24N4OS/c26-20-17(13-18-22-11-4-12-23-18)19(24-21(27)25-20)16-9-7-15(8-10-16)14-5-2-1-3-6-14/h1-5,11-12,14-16H,6-10,13H2,(H2,24,25,26,27). The van der Waals surface area contributed by atoms with Crippen molar-refractivity contribution in [1.82, 2.24) is 19.9 Å². The van der Waals surface area contributed by atoms with Gasteiger partial charge in [0, 0.05) is 30.1 Å². The van der Waals surface area contributed by atoms with Gasteiger partial charge in [-0.1, -0.05) is 24.3 Å². The molecule has 2 aromatic rings. The van der Waals surface area contributed by atoms with Gasteiger partial charge in [-0.3, -0.25) is 9.78 Å². The molecule has 1 saturated carbocycles. The maximum atomic E-state index is 12.6. The molecular weight excluding hydrogens is 356 g/mol. The van der Waals surface area contributed by atoms with E-state index in [0.717, 1.165) is 36.4 Å². The van der Waals surface area contributed by atoms with Crippen LogP contribution in [0.3, 0.4) is 0 Å². The second-order valence-corrected chi connectivity index (χ2v) is 7.87. The number of hydrogen-bond donors (Lipinski definition) is 2. The summed E-state index contributed by atoms with van der Waals surface area (Å²) in [5.41, 5.74) is 1.58. The van der Waals surface area contributed by atoms with E-state index in [1.165, 1.54) is 12.8 Å². The first-order valence-electron chi connectivity index (χ1n) is 9.65. The van der Waals surface area contributed by atoms with Crippen LogP contribution in [0.25, 0.3) is 0 Å². The van der Waals surface area contributed by atoms with E-state index in [0.29, 0.717) is 28.9 Å². The van der Waals surface area contributed by atoms with Crippen LogP contribution in [0.1, 0.15) is 55.1 Å². The molecule has 0 saturated heterocycles. The molecule has 27 heavy (non-hydrogen) atoms. The number of nitrogens with one attached hydrogen (secondary N) is 2. The summed E-state index contributed by atoms with van der Waals surface area (Å²) in [6.07, 6.45) is 18.4. The summed E-state index contributed by atoms with van der Waals surface area (Å²) in [5.74, 6) is 2.38. The molecule has 2 aliphatic carbocycles. The number of allylic oxidation sites excluding steroid dienone is 4. The molecule has 2 aromatic heterocycles. The van der Waals surface area contributed by atoms with Crippen LogP contribution < -0.4 is 5.56 Å². The quantitative estimate of drug-likeness (QED) is 0.779. The van der Waals surface area contributed by atoms with E-state index in [-0.39, 0.29) is 5.56 Å². The summed E-state index contributed by atoms with van der Waals surface area (Å²) in [6, 6.07) is 1.78. The molecule has 2 heterocycles. The Bertz CT molecular complexity index is 952. The molecule has 0 spiro atoms. The van der Waals surface area contributed by atoms with Crippen molar-refractivity contribution in [1.29, 1.82) is 0 Å². The molecule has 140 valence electrons. The lowest BCUT2D eigenvalue weighted by Crippen LogP contribution is -2.25. The summed E-state index contributed by atoms with van der Waals surface area (Å²) >= 11 is 5.25. The van der Waals surface area contributed by atoms with Crippen LogP contribution in [0, 0.1) is 16.6 Å². The van der Waals surface area contributed by atoms with E-state index in [9.17, 15) is 4.79 Å². The highest BCUT2D eigenvalue weighted by atomic mass is 32.1. The molecule has 2 N–H and O–H groups in total. The van der Waals surface area contributed by atoms with E-state index in [1.54, 1.807) is 18.5 Å². The van der Waals surface area contributed by atoms with Crippen LogP contribution in [0.15, 0.2) is 47.6 Å². The maximum Gasteiger partial charge on any atom is 0.255 e. The monoisotopic (exact) mass is 380 g/mol. The molecule has 0 amide bonds. The summed E-state index contributed by atoms with van der Waals surface area (Å²) in [4.78, 5) is 27.2.